The maximum Gasteiger partial charge on any atom is 0.321 e. The zero-order valence-electron chi connectivity index (χ0n) is 19.8. The average Bonchev–Trinajstić information content (AvgIpc) is 2.98. The molecule has 3 rings (SSSR count). The Morgan fingerprint density at radius 3 is 1.60 bits per heavy atom. The minimum absolute atomic E-state index is 0.00864. The number of benzene rings is 2. The largest absolute Gasteiger partial charge is 0.321 e. The second-order valence-corrected chi connectivity index (χ2v) is 10.5. The second kappa shape index (κ2) is 7.94. The normalized spacial score (nSPS) is 17.5. The smallest absolute Gasteiger partial charge is 0.317 e. The molecule has 1 aliphatic rings. The molecular weight excluding hydrogens is 368 g/mol. The Kier molecular flexibility index (Phi) is 5.86. The molecule has 1 unspecified atom stereocenters. The summed E-state index contributed by atoms with van der Waals surface area (Å²) >= 11 is 0. The lowest BCUT2D eigenvalue weighted by atomic mass is 9.93. The van der Waals surface area contributed by atoms with Crippen LogP contribution < -0.4 is 0 Å². The third-order valence-corrected chi connectivity index (χ3v) is 5.75. The van der Waals surface area contributed by atoms with E-state index in [0.717, 1.165) is 0 Å². The molecule has 0 N–H and O–H groups in total. The van der Waals surface area contributed by atoms with Crippen molar-refractivity contribution >= 4 is 11.6 Å². The van der Waals surface area contributed by atoms with E-state index < -0.39 is 0 Å². The minimum Gasteiger partial charge on any atom is -0.317 e. The first-order chi connectivity index (χ1) is 13.9. The summed E-state index contributed by atoms with van der Waals surface area (Å²) in [4.78, 5) is 17.4. The van der Waals surface area contributed by atoms with E-state index in [0.29, 0.717) is 6.54 Å². The molecule has 2 aromatic carbocycles. The van der Waals surface area contributed by atoms with Crippen LogP contribution in [0.3, 0.4) is 0 Å². The van der Waals surface area contributed by atoms with E-state index in [1.54, 1.807) is 0 Å². The number of carbonyl (C=O) groups excluding carboxylic acids is 1. The fourth-order valence-electron chi connectivity index (χ4n) is 4.11. The minimum atomic E-state index is -0.260. The second-order valence-electron chi connectivity index (χ2n) is 10.5. The van der Waals surface area contributed by atoms with Crippen molar-refractivity contribution in [3.63, 3.8) is 0 Å². The Balaban J connectivity index is 2.13. The Morgan fingerprint density at radius 1 is 0.800 bits per heavy atom. The fraction of sp³-hybridized carbons (Fsp3) is 0.444. The Morgan fingerprint density at radius 2 is 1.23 bits per heavy atom. The molecule has 2 amide bonds. The van der Waals surface area contributed by atoms with Crippen LogP contribution in [0, 0.1) is 13.8 Å². The molecule has 1 saturated heterocycles. The van der Waals surface area contributed by atoms with Gasteiger partial charge < -0.3 is 9.80 Å². The zero-order valence-corrected chi connectivity index (χ0v) is 19.8. The van der Waals surface area contributed by atoms with Crippen molar-refractivity contribution in [2.24, 2.45) is 0 Å². The first kappa shape index (κ1) is 22.1. The van der Waals surface area contributed by atoms with E-state index in [-0.39, 0.29) is 23.2 Å². The van der Waals surface area contributed by atoms with Gasteiger partial charge in [0.2, 0.25) is 0 Å². The standard InChI is InChI=1S/C27H36N2O/c1-19-9-13-21(14-10-19)24(22-15-11-20(2)12-16-22)17-23-18-28(26(3,4)5)25(30)29(23)27(6,7)8/h9-17,23H,18H2,1-8H3. The van der Waals surface area contributed by atoms with Crippen LogP contribution in [0.1, 0.15) is 63.8 Å². The highest BCUT2D eigenvalue weighted by molar-refractivity contribution is 5.83. The van der Waals surface area contributed by atoms with E-state index >= 15 is 0 Å². The Bertz CT molecular complexity index is 877. The summed E-state index contributed by atoms with van der Waals surface area (Å²) < 4.78 is 0. The van der Waals surface area contributed by atoms with Crippen molar-refractivity contribution in [3.05, 3.63) is 76.9 Å². The van der Waals surface area contributed by atoms with Gasteiger partial charge in [-0.3, -0.25) is 0 Å². The summed E-state index contributed by atoms with van der Waals surface area (Å²) in [5.41, 5.74) is 5.56. The van der Waals surface area contributed by atoms with Gasteiger partial charge in [-0.25, -0.2) is 4.79 Å². The van der Waals surface area contributed by atoms with Gasteiger partial charge in [-0.2, -0.15) is 0 Å². The topological polar surface area (TPSA) is 23.6 Å². The zero-order chi connectivity index (χ0) is 22.3. The predicted molar refractivity (Wildman–Crippen MR) is 127 cm³/mol. The molecule has 0 aliphatic carbocycles. The molecule has 0 bridgehead atoms. The summed E-state index contributed by atoms with van der Waals surface area (Å²) in [7, 11) is 0. The van der Waals surface area contributed by atoms with Gasteiger partial charge >= 0.3 is 6.03 Å². The molecule has 3 nitrogen and oxygen atoms in total. The maximum atomic E-state index is 13.4. The summed E-state index contributed by atoms with van der Waals surface area (Å²) in [5.74, 6) is 0. The van der Waals surface area contributed by atoms with Gasteiger partial charge in [0.15, 0.2) is 0 Å². The van der Waals surface area contributed by atoms with Gasteiger partial charge in [-0.1, -0.05) is 65.7 Å². The molecule has 0 aromatic heterocycles. The number of nitrogens with zero attached hydrogens (tertiary/aromatic N) is 2. The number of hydrogen-bond acceptors (Lipinski definition) is 1. The maximum absolute atomic E-state index is 13.4. The molecule has 1 fully saturated rings. The summed E-state index contributed by atoms with van der Waals surface area (Å²) in [5, 5.41) is 0. The molecule has 0 saturated carbocycles. The highest BCUT2D eigenvalue weighted by Gasteiger charge is 2.45. The van der Waals surface area contributed by atoms with Crippen molar-refractivity contribution in [1.82, 2.24) is 9.80 Å². The lowest BCUT2D eigenvalue weighted by Gasteiger charge is -2.37. The molecule has 1 heterocycles. The Hall–Kier alpha value is -2.55. The quantitative estimate of drug-likeness (QED) is 0.577. The van der Waals surface area contributed by atoms with Gasteiger partial charge in [-0.15, -0.1) is 0 Å². The summed E-state index contributed by atoms with van der Waals surface area (Å²) in [6.45, 7) is 17.6. The van der Waals surface area contributed by atoms with E-state index in [4.69, 9.17) is 0 Å². The lowest BCUT2D eigenvalue weighted by Crippen LogP contribution is -2.50. The molecule has 1 aliphatic heterocycles. The molecule has 0 spiro atoms. The van der Waals surface area contributed by atoms with Crippen LogP contribution in [0.15, 0.2) is 54.6 Å². The van der Waals surface area contributed by atoms with E-state index in [2.05, 4.69) is 110 Å². The van der Waals surface area contributed by atoms with Crippen LogP contribution >= 0.6 is 0 Å². The van der Waals surface area contributed by atoms with E-state index in [1.165, 1.54) is 27.8 Å². The highest BCUT2D eigenvalue weighted by atomic mass is 16.2. The number of carbonyl (C=O) groups is 1. The number of amides is 2. The number of rotatable bonds is 3. The van der Waals surface area contributed by atoms with Crippen LogP contribution in [0.2, 0.25) is 0 Å². The van der Waals surface area contributed by atoms with Crippen molar-refractivity contribution in [3.8, 4) is 0 Å². The van der Waals surface area contributed by atoms with Crippen LogP contribution in [0.4, 0.5) is 4.79 Å². The highest BCUT2D eigenvalue weighted by Crippen LogP contribution is 2.34. The van der Waals surface area contributed by atoms with E-state index in [9.17, 15) is 4.79 Å². The van der Waals surface area contributed by atoms with Gasteiger partial charge in [0, 0.05) is 17.6 Å². The van der Waals surface area contributed by atoms with Crippen molar-refractivity contribution in [2.75, 3.05) is 6.54 Å². The van der Waals surface area contributed by atoms with Gasteiger partial charge in [-0.05, 0) is 72.1 Å². The lowest BCUT2D eigenvalue weighted by molar-refractivity contribution is 0.129. The fourth-order valence-corrected chi connectivity index (χ4v) is 4.11. The van der Waals surface area contributed by atoms with Crippen LogP contribution in [-0.4, -0.2) is 39.5 Å². The summed E-state index contributed by atoms with van der Waals surface area (Å²) in [6.07, 6.45) is 2.30. The molecule has 30 heavy (non-hydrogen) atoms. The van der Waals surface area contributed by atoms with Gasteiger partial charge in [0.05, 0.1) is 6.04 Å². The van der Waals surface area contributed by atoms with E-state index in [1.807, 2.05) is 9.80 Å². The predicted octanol–water partition coefficient (Wildman–Crippen LogP) is 6.44. The van der Waals surface area contributed by atoms with Crippen molar-refractivity contribution in [1.29, 1.82) is 0 Å². The molecule has 3 heteroatoms. The third kappa shape index (κ3) is 4.61. The number of urea groups is 1. The van der Waals surface area contributed by atoms with Gasteiger partial charge in [0.1, 0.15) is 0 Å². The third-order valence-electron chi connectivity index (χ3n) is 5.75. The molecule has 2 aromatic rings. The van der Waals surface area contributed by atoms with Crippen LogP contribution in [-0.2, 0) is 0 Å². The average molecular weight is 405 g/mol. The van der Waals surface area contributed by atoms with Crippen LogP contribution in [0.25, 0.3) is 5.57 Å². The molecular formula is C27H36N2O. The van der Waals surface area contributed by atoms with Crippen LogP contribution in [0.5, 0.6) is 0 Å². The first-order valence-electron chi connectivity index (χ1n) is 10.8. The van der Waals surface area contributed by atoms with Crippen molar-refractivity contribution < 1.29 is 4.79 Å². The number of hydrogen-bond donors (Lipinski definition) is 0. The molecule has 0 radical (unpaired) electrons. The molecule has 1 atom stereocenters. The Labute approximate surface area is 182 Å². The SMILES string of the molecule is Cc1ccc(C(=CC2CN(C(C)(C)C)C(=O)N2C(C)(C)C)c2ccc(C)cc2)cc1. The van der Waals surface area contributed by atoms with Gasteiger partial charge in [0.25, 0.3) is 0 Å². The molecule has 160 valence electrons. The first-order valence-corrected chi connectivity index (χ1v) is 10.8. The number of aryl methyl sites for hydroxylation is 2. The van der Waals surface area contributed by atoms with Crippen molar-refractivity contribution in [2.45, 2.75) is 72.5 Å². The monoisotopic (exact) mass is 404 g/mol. The summed E-state index contributed by atoms with van der Waals surface area (Å²) in [6, 6.07) is 17.5.